The first-order valence-corrected chi connectivity index (χ1v) is 7.61. The lowest BCUT2D eigenvalue weighted by atomic mass is 10.3. The van der Waals surface area contributed by atoms with Crippen LogP contribution in [0.2, 0.25) is 0 Å². The molecule has 0 amide bonds. The molecule has 5 nitrogen and oxygen atoms in total. The van der Waals surface area contributed by atoms with Gasteiger partial charge in [0, 0.05) is 12.1 Å². The minimum absolute atomic E-state index is 0.597. The number of aromatic nitrogens is 3. The van der Waals surface area contributed by atoms with Crippen molar-refractivity contribution in [3.05, 3.63) is 35.7 Å². The molecule has 0 atom stereocenters. The Bertz CT molecular complexity index is 751. The molecule has 0 saturated heterocycles. The summed E-state index contributed by atoms with van der Waals surface area (Å²) in [5, 5.41) is 4.72. The van der Waals surface area contributed by atoms with Crippen LogP contribution in [0.15, 0.2) is 38.9 Å². The number of anilines is 1. The molecular weight excluding hydrogens is 284 g/mol. The van der Waals surface area contributed by atoms with E-state index in [1.165, 1.54) is 11.8 Å². The molecule has 0 aliphatic rings. The third kappa shape index (κ3) is 2.85. The molecule has 108 valence electrons. The van der Waals surface area contributed by atoms with Crippen LogP contribution in [0.1, 0.15) is 18.3 Å². The van der Waals surface area contributed by atoms with E-state index in [2.05, 4.69) is 20.3 Å². The number of oxazole rings is 1. The van der Waals surface area contributed by atoms with E-state index < -0.39 is 0 Å². The molecule has 2 heterocycles. The maximum atomic E-state index is 5.74. The van der Waals surface area contributed by atoms with Crippen LogP contribution in [0.25, 0.3) is 11.1 Å². The summed E-state index contributed by atoms with van der Waals surface area (Å²) in [4.78, 5) is 13.4. The maximum absolute atomic E-state index is 5.74. The number of rotatable bonds is 4. The van der Waals surface area contributed by atoms with Gasteiger partial charge in [-0.15, -0.1) is 0 Å². The van der Waals surface area contributed by atoms with Crippen molar-refractivity contribution in [3.63, 3.8) is 0 Å². The van der Waals surface area contributed by atoms with Gasteiger partial charge in [0.25, 0.3) is 5.22 Å². The number of hydrogen-bond donors (Lipinski definition) is 1. The predicted molar refractivity (Wildman–Crippen MR) is 83.8 cm³/mol. The zero-order valence-corrected chi connectivity index (χ0v) is 13.0. The molecule has 0 aliphatic carbocycles. The smallest absolute Gasteiger partial charge is 0.263 e. The third-order valence-corrected chi connectivity index (χ3v) is 3.96. The molecule has 21 heavy (non-hydrogen) atoms. The molecule has 0 spiro atoms. The second kappa shape index (κ2) is 5.73. The molecule has 0 fully saturated rings. The van der Waals surface area contributed by atoms with Gasteiger partial charge >= 0.3 is 0 Å². The summed E-state index contributed by atoms with van der Waals surface area (Å²) in [6.07, 6.45) is 0. The topological polar surface area (TPSA) is 63.8 Å². The van der Waals surface area contributed by atoms with Gasteiger partial charge in [-0.2, -0.15) is 0 Å². The van der Waals surface area contributed by atoms with Gasteiger partial charge in [-0.3, -0.25) is 0 Å². The molecule has 0 bridgehead atoms. The van der Waals surface area contributed by atoms with E-state index in [1.54, 1.807) is 0 Å². The van der Waals surface area contributed by atoms with E-state index in [0.717, 1.165) is 39.9 Å². The first-order valence-electron chi connectivity index (χ1n) is 6.80. The summed E-state index contributed by atoms with van der Waals surface area (Å²) < 4.78 is 5.74. The highest BCUT2D eigenvalue weighted by Gasteiger charge is 2.14. The Balaban J connectivity index is 1.97. The minimum Gasteiger partial charge on any atom is -0.431 e. The molecule has 2 aromatic heterocycles. The van der Waals surface area contributed by atoms with Crippen molar-refractivity contribution in [3.8, 4) is 0 Å². The van der Waals surface area contributed by atoms with Crippen molar-refractivity contribution < 1.29 is 4.42 Å². The number of aryl methyl sites for hydroxylation is 1. The fourth-order valence-corrected chi connectivity index (χ4v) is 2.89. The van der Waals surface area contributed by atoms with E-state index in [1.807, 2.05) is 45.0 Å². The quantitative estimate of drug-likeness (QED) is 0.739. The summed E-state index contributed by atoms with van der Waals surface area (Å²) >= 11 is 1.43. The first-order chi connectivity index (χ1) is 10.2. The number of benzene rings is 1. The number of para-hydroxylation sites is 2. The molecule has 0 aliphatic heterocycles. The van der Waals surface area contributed by atoms with E-state index in [-0.39, 0.29) is 0 Å². The van der Waals surface area contributed by atoms with Crippen LogP contribution < -0.4 is 5.32 Å². The highest BCUT2D eigenvalue weighted by molar-refractivity contribution is 7.99. The van der Waals surface area contributed by atoms with Crippen LogP contribution in [0.4, 0.5) is 5.82 Å². The van der Waals surface area contributed by atoms with E-state index in [9.17, 15) is 0 Å². The summed E-state index contributed by atoms with van der Waals surface area (Å²) in [5.74, 6) is 1.60. The molecule has 6 heteroatoms. The number of nitrogens with zero attached hydrogens (tertiary/aromatic N) is 3. The van der Waals surface area contributed by atoms with Gasteiger partial charge in [-0.05, 0) is 44.7 Å². The van der Waals surface area contributed by atoms with E-state index in [0.29, 0.717) is 5.22 Å². The van der Waals surface area contributed by atoms with Gasteiger partial charge in [-0.1, -0.05) is 12.1 Å². The van der Waals surface area contributed by atoms with E-state index >= 15 is 0 Å². The van der Waals surface area contributed by atoms with Crippen LogP contribution in [0, 0.1) is 13.8 Å². The zero-order valence-electron chi connectivity index (χ0n) is 12.2. The first kappa shape index (κ1) is 13.9. The van der Waals surface area contributed by atoms with Crippen molar-refractivity contribution in [1.82, 2.24) is 15.0 Å². The Labute approximate surface area is 127 Å². The number of fused-ring (bicyclic) bond motifs is 1. The summed E-state index contributed by atoms with van der Waals surface area (Å²) in [6.45, 7) is 6.76. The van der Waals surface area contributed by atoms with Gasteiger partial charge in [0.05, 0.1) is 0 Å². The Kier molecular flexibility index (Phi) is 3.79. The fraction of sp³-hybridized carbons (Fsp3) is 0.267. The van der Waals surface area contributed by atoms with Gasteiger partial charge in [0.15, 0.2) is 5.58 Å². The lowest BCUT2D eigenvalue weighted by Crippen LogP contribution is -2.05. The van der Waals surface area contributed by atoms with Crippen LogP contribution in [-0.2, 0) is 0 Å². The van der Waals surface area contributed by atoms with Crippen molar-refractivity contribution in [2.24, 2.45) is 0 Å². The molecule has 0 unspecified atom stereocenters. The number of hydrogen-bond acceptors (Lipinski definition) is 6. The van der Waals surface area contributed by atoms with E-state index in [4.69, 9.17) is 4.42 Å². The average Bonchev–Trinajstić information content (AvgIpc) is 2.86. The minimum atomic E-state index is 0.597. The summed E-state index contributed by atoms with van der Waals surface area (Å²) in [6, 6.07) is 7.73. The van der Waals surface area contributed by atoms with Crippen LogP contribution in [-0.4, -0.2) is 21.5 Å². The lowest BCUT2D eigenvalue weighted by molar-refractivity contribution is 0.489. The molecule has 1 N–H and O–H groups in total. The van der Waals surface area contributed by atoms with Gasteiger partial charge in [0.1, 0.15) is 22.2 Å². The van der Waals surface area contributed by atoms with Crippen LogP contribution >= 0.6 is 11.8 Å². The van der Waals surface area contributed by atoms with Gasteiger partial charge in [-0.25, -0.2) is 15.0 Å². The summed E-state index contributed by atoms with van der Waals surface area (Å²) in [7, 11) is 0. The standard InChI is InChI=1S/C15H16N4OS/c1-4-16-13-9(2)14(18-10(3)17-13)21-15-19-11-7-5-6-8-12(11)20-15/h5-8H,4H2,1-3H3,(H,16,17,18). The molecule has 0 radical (unpaired) electrons. The molecule has 3 aromatic rings. The fourth-order valence-electron chi connectivity index (χ4n) is 2.02. The van der Waals surface area contributed by atoms with Crippen molar-refractivity contribution in [2.75, 3.05) is 11.9 Å². The summed E-state index contributed by atoms with van der Waals surface area (Å²) in [5.41, 5.74) is 2.65. The predicted octanol–water partition coefficient (Wildman–Crippen LogP) is 3.82. The highest BCUT2D eigenvalue weighted by Crippen LogP contribution is 2.32. The second-order valence-corrected chi connectivity index (χ2v) is 5.57. The zero-order chi connectivity index (χ0) is 14.8. The molecule has 3 rings (SSSR count). The van der Waals surface area contributed by atoms with Crippen LogP contribution in [0.3, 0.4) is 0 Å². The maximum Gasteiger partial charge on any atom is 0.263 e. The number of nitrogens with one attached hydrogen (secondary N) is 1. The molecular formula is C15H16N4OS. The Morgan fingerprint density at radius 2 is 1.95 bits per heavy atom. The van der Waals surface area contributed by atoms with Gasteiger partial charge < -0.3 is 9.73 Å². The van der Waals surface area contributed by atoms with Crippen molar-refractivity contribution in [2.45, 2.75) is 31.0 Å². The van der Waals surface area contributed by atoms with Gasteiger partial charge in [0.2, 0.25) is 0 Å². The lowest BCUT2D eigenvalue weighted by Gasteiger charge is -2.10. The Morgan fingerprint density at radius 1 is 1.14 bits per heavy atom. The van der Waals surface area contributed by atoms with Crippen molar-refractivity contribution in [1.29, 1.82) is 0 Å². The third-order valence-electron chi connectivity index (χ3n) is 3.02. The highest BCUT2D eigenvalue weighted by atomic mass is 32.2. The monoisotopic (exact) mass is 300 g/mol. The Morgan fingerprint density at radius 3 is 2.71 bits per heavy atom. The van der Waals surface area contributed by atoms with Crippen LogP contribution in [0.5, 0.6) is 0 Å². The normalized spacial score (nSPS) is 11.0. The Hall–Kier alpha value is -2.08. The SMILES string of the molecule is CCNc1nc(C)nc(Sc2nc3ccccc3o2)c1C. The molecule has 1 aromatic carbocycles. The second-order valence-electron chi connectivity index (χ2n) is 4.63. The average molecular weight is 300 g/mol. The largest absolute Gasteiger partial charge is 0.431 e. The van der Waals surface area contributed by atoms with Crippen molar-refractivity contribution >= 4 is 28.7 Å². The molecule has 0 saturated carbocycles.